The third-order valence-corrected chi connectivity index (χ3v) is 4.63. The van der Waals surface area contributed by atoms with Crippen LogP contribution in [0.3, 0.4) is 0 Å². The van der Waals surface area contributed by atoms with E-state index in [-0.39, 0.29) is 11.6 Å². The Bertz CT molecular complexity index is 279. The fraction of sp³-hybridized carbons (Fsp3) is 1.00. The summed E-state index contributed by atoms with van der Waals surface area (Å²) in [7, 11) is 0. The summed E-state index contributed by atoms with van der Waals surface area (Å²) in [6, 6.07) is 0.602. The van der Waals surface area contributed by atoms with Gasteiger partial charge in [0.2, 0.25) is 0 Å². The first kappa shape index (κ1) is 15.2. The van der Waals surface area contributed by atoms with Crippen LogP contribution in [0.5, 0.6) is 0 Å². The Balaban J connectivity index is 1.98. The second-order valence-electron chi connectivity index (χ2n) is 6.60. The zero-order valence-electron chi connectivity index (χ0n) is 12.9. The van der Waals surface area contributed by atoms with Gasteiger partial charge in [-0.15, -0.1) is 0 Å². The number of hydrogen-bond acceptors (Lipinski definition) is 4. The van der Waals surface area contributed by atoms with Crippen molar-refractivity contribution in [3.05, 3.63) is 0 Å². The molecule has 2 fully saturated rings. The monoisotopic (exact) mass is 270 g/mol. The molecule has 0 spiro atoms. The maximum absolute atomic E-state index is 5.82. The van der Waals surface area contributed by atoms with Gasteiger partial charge in [-0.1, -0.05) is 20.8 Å². The van der Waals surface area contributed by atoms with Crippen LogP contribution in [0.1, 0.15) is 34.1 Å². The van der Waals surface area contributed by atoms with Crippen molar-refractivity contribution in [2.75, 3.05) is 39.5 Å². The molecule has 4 heteroatoms. The minimum Gasteiger partial charge on any atom is -0.376 e. The lowest BCUT2D eigenvalue weighted by molar-refractivity contribution is -0.107. The molecule has 2 saturated heterocycles. The molecule has 0 aromatic rings. The molecular formula is C15H30N2O2. The molecule has 0 radical (unpaired) electrons. The molecule has 3 unspecified atom stereocenters. The molecule has 0 aromatic carbocycles. The van der Waals surface area contributed by atoms with Gasteiger partial charge >= 0.3 is 0 Å². The lowest BCUT2D eigenvalue weighted by Crippen LogP contribution is -2.65. The van der Waals surface area contributed by atoms with Gasteiger partial charge in [0, 0.05) is 31.2 Å². The topological polar surface area (TPSA) is 33.7 Å². The Labute approximate surface area is 117 Å². The zero-order chi connectivity index (χ0) is 13.9. The number of rotatable bonds is 4. The average Bonchev–Trinajstić information content (AvgIpc) is 2.40. The zero-order valence-corrected chi connectivity index (χ0v) is 12.9. The van der Waals surface area contributed by atoms with E-state index in [1.807, 2.05) is 0 Å². The highest BCUT2D eigenvalue weighted by Gasteiger charge is 2.37. The van der Waals surface area contributed by atoms with E-state index in [1.54, 1.807) is 0 Å². The van der Waals surface area contributed by atoms with E-state index in [9.17, 15) is 0 Å². The van der Waals surface area contributed by atoms with Crippen LogP contribution in [0.4, 0.5) is 0 Å². The summed E-state index contributed by atoms with van der Waals surface area (Å²) in [6.07, 6.45) is 1.41. The third kappa shape index (κ3) is 3.91. The van der Waals surface area contributed by atoms with Crippen LogP contribution in [-0.2, 0) is 9.47 Å². The first-order valence-corrected chi connectivity index (χ1v) is 7.72. The van der Waals surface area contributed by atoms with E-state index in [2.05, 4.69) is 37.9 Å². The van der Waals surface area contributed by atoms with E-state index >= 15 is 0 Å². The van der Waals surface area contributed by atoms with Gasteiger partial charge < -0.3 is 14.8 Å². The van der Waals surface area contributed by atoms with E-state index < -0.39 is 0 Å². The van der Waals surface area contributed by atoms with Crippen LogP contribution in [-0.4, -0.2) is 62.0 Å². The number of ether oxygens (including phenoxy) is 2. The molecule has 4 nitrogen and oxygen atoms in total. The van der Waals surface area contributed by atoms with Gasteiger partial charge in [0.15, 0.2) is 0 Å². The van der Waals surface area contributed by atoms with Gasteiger partial charge in [-0.2, -0.15) is 0 Å². The van der Waals surface area contributed by atoms with Gasteiger partial charge in [-0.05, 0) is 19.3 Å². The van der Waals surface area contributed by atoms with E-state index in [0.29, 0.717) is 12.0 Å². The summed E-state index contributed by atoms with van der Waals surface area (Å²) in [4.78, 5) is 2.62. The number of piperazine rings is 1. The fourth-order valence-corrected chi connectivity index (χ4v) is 3.10. The summed E-state index contributed by atoms with van der Waals surface area (Å²) in [5.41, 5.74) is 0.237. The van der Waals surface area contributed by atoms with Crippen molar-refractivity contribution in [2.24, 2.45) is 5.92 Å². The van der Waals surface area contributed by atoms with Crippen molar-refractivity contribution in [3.63, 3.8) is 0 Å². The predicted molar refractivity (Wildman–Crippen MR) is 77.5 cm³/mol. The van der Waals surface area contributed by atoms with Crippen molar-refractivity contribution in [2.45, 2.75) is 51.8 Å². The first-order chi connectivity index (χ1) is 9.04. The summed E-state index contributed by atoms with van der Waals surface area (Å²) < 4.78 is 11.4. The van der Waals surface area contributed by atoms with Crippen LogP contribution in [0, 0.1) is 5.92 Å². The van der Waals surface area contributed by atoms with E-state index in [1.165, 1.54) is 0 Å². The average molecular weight is 270 g/mol. The van der Waals surface area contributed by atoms with Crippen molar-refractivity contribution in [3.8, 4) is 0 Å². The van der Waals surface area contributed by atoms with E-state index in [0.717, 1.165) is 45.9 Å². The smallest absolute Gasteiger partial charge is 0.0936 e. The fourth-order valence-electron chi connectivity index (χ4n) is 3.10. The summed E-state index contributed by atoms with van der Waals surface area (Å²) in [6.45, 7) is 14.6. The Morgan fingerprint density at radius 1 is 1.37 bits per heavy atom. The maximum atomic E-state index is 5.82. The number of hydrogen-bond donors (Lipinski definition) is 1. The first-order valence-electron chi connectivity index (χ1n) is 7.72. The van der Waals surface area contributed by atoms with Crippen LogP contribution in [0.25, 0.3) is 0 Å². The highest BCUT2D eigenvalue weighted by Crippen LogP contribution is 2.23. The largest absolute Gasteiger partial charge is 0.376 e. The molecular weight excluding hydrogens is 240 g/mol. The Morgan fingerprint density at radius 3 is 2.74 bits per heavy atom. The lowest BCUT2D eigenvalue weighted by atomic mass is 9.89. The van der Waals surface area contributed by atoms with Crippen LogP contribution in [0.15, 0.2) is 0 Å². The second-order valence-corrected chi connectivity index (χ2v) is 6.60. The SMILES string of the molecule is CCC1(C)CN(CC2COCCO2)C(C(C)C)CN1. The molecule has 2 aliphatic heterocycles. The van der Waals surface area contributed by atoms with Crippen LogP contribution in [0.2, 0.25) is 0 Å². The molecule has 3 atom stereocenters. The summed E-state index contributed by atoms with van der Waals surface area (Å²) >= 11 is 0. The van der Waals surface area contributed by atoms with Crippen LogP contribution >= 0.6 is 0 Å². The van der Waals surface area contributed by atoms with Crippen molar-refractivity contribution in [1.29, 1.82) is 0 Å². The molecule has 2 aliphatic rings. The molecule has 1 N–H and O–H groups in total. The van der Waals surface area contributed by atoms with E-state index in [4.69, 9.17) is 9.47 Å². The molecule has 0 aromatic heterocycles. The van der Waals surface area contributed by atoms with Crippen molar-refractivity contribution >= 4 is 0 Å². The molecule has 0 aliphatic carbocycles. The lowest BCUT2D eigenvalue weighted by Gasteiger charge is -2.48. The van der Waals surface area contributed by atoms with Gasteiger partial charge in [-0.3, -0.25) is 4.90 Å². The Hall–Kier alpha value is -0.160. The predicted octanol–water partition coefficient (Wildman–Crippen LogP) is 1.50. The highest BCUT2D eigenvalue weighted by molar-refractivity contribution is 4.96. The Kier molecular flexibility index (Phi) is 5.23. The molecule has 19 heavy (non-hydrogen) atoms. The highest BCUT2D eigenvalue weighted by atomic mass is 16.6. The van der Waals surface area contributed by atoms with Crippen molar-refractivity contribution < 1.29 is 9.47 Å². The van der Waals surface area contributed by atoms with Crippen LogP contribution < -0.4 is 5.32 Å². The second kappa shape index (κ2) is 6.53. The standard InChI is InChI=1S/C15H30N2O2/c1-5-15(4)11-17(14(8-16-15)12(2)3)9-13-10-18-6-7-19-13/h12-14,16H,5-11H2,1-4H3. The normalized spacial score (nSPS) is 37.7. The third-order valence-electron chi connectivity index (χ3n) is 4.63. The maximum Gasteiger partial charge on any atom is 0.0936 e. The molecule has 2 rings (SSSR count). The molecule has 0 bridgehead atoms. The minimum absolute atomic E-state index is 0.237. The number of nitrogens with zero attached hydrogens (tertiary/aromatic N) is 1. The Morgan fingerprint density at radius 2 is 2.16 bits per heavy atom. The summed E-state index contributed by atoms with van der Waals surface area (Å²) in [5.74, 6) is 0.665. The minimum atomic E-state index is 0.237. The van der Waals surface area contributed by atoms with Gasteiger partial charge in [0.25, 0.3) is 0 Å². The molecule has 0 saturated carbocycles. The summed E-state index contributed by atoms with van der Waals surface area (Å²) in [5, 5.41) is 3.73. The van der Waals surface area contributed by atoms with Gasteiger partial charge in [-0.25, -0.2) is 0 Å². The van der Waals surface area contributed by atoms with Crippen molar-refractivity contribution in [1.82, 2.24) is 10.2 Å². The molecule has 112 valence electrons. The molecule has 0 amide bonds. The number of nitrogens with one attached hydrogen (secondary N) is 1. The van der Waals surface area contributed by atoms with Gasteiger partial charge in [0.1, 0.15) is 0 Å². The van der Waals surface area contributed by atoms with Gasteiger partial charge in [0.05, 0.1) is 25.9 Å². The molecule has 2 heterocycles. The quantitative estimate of drug-likeness (QED) is 0.839.